The molecule has 0 atom stereocenters. The third-order valence-corrected chi connectivity index (χ3v) is 6.40. The van der Waals surface area contributed by atoms with Gasteiger partial charge in [-0.25, -0.2) is 13.2 Å². The van der Waals surface area contributed by atoms with Crippen molar-refractivity contribution < 1.29 is 27.5 Å². The lowest BCUT2D eigenvalue weighted by atomic mass is 10.2. The van der Waals surface area contributed by atoms with E-state index in [-0.39, 0.29) is 17.4 Å². The van der Waals surface area contributed by atoms with Gasteiger partial charge in [-0.3, -0.25) is 4.79 Å². The molecule has 154 valence electrons. The van der Waals surface area contributed by atoms with Crippen molar-refractivity contribution in [2.75, 3.05) is 32.1 Å². The highest BCUT2D eigenvalue weighted by Gasteiger charge is 2.26. The Labute approximate surface area is 169 Å². The Balaban J connectivity index is 1.53. The van der Waals surface area contributed by atoms with E-state index in [0.717, 1.165) is 12.8 Å². The molecule has 29 heavy (non-hydrogen) atoms. The van der Waals surface area contributed by atoms with Gasteiger partial charge in [-0.15, -0.1) is 0 Å². The predicted molar refractivity (Wildman–Crippen MR) is 106 cm³/mol. The normalized spacial score (nSPS) is 14.4. The van der Waals surface area contributed by atoms with Crippen LogP contribution in [0.1, 0.15) is 23.2 Å². The van der Waals surface area contributed by atoms with Crippen molar-refractivity contribution in [2.45, 2.75) is 17.7 Å². The van der Waals surface area contributed by atoms with Crippen LogP contribution in [0.3, 0.4) is 0 Å². The zero-order valence-electron chi connectivity index (χ0n) is 16.0. The molecule has 9 heteroatoms. The number of sulfonamides is 1. The first-order valence-electron chi connectivity index (χ1n) is 9.11. The number of hydrogen-bond donors (Lipinski definition) is 1. The molecule has 1 N–H and O–H groups in total. The van der Waals surface area contributed by atoms with Gasteiger partial charge < -0.3 is 14.8 Å². The lowest BCUT2D eigenvalue weighted by molar-refractivity contribution is -0.118. The van der Waals surface area contributed by atoms with Crippen molar-refractivity contribution >= 4 is 27.6 Å². The van der Waals surface area contributed by atoms with E-state index in [0.29, 0.717) is 30.1 Å². The maximum Gasteiger partial charge on any atom is 0.337 e. The third-order valence-electron chi connectivity index (χ3n) is 4.49. The number of benzene rings is 2. The summed E-state index contributed by atoms with van der Waals surface area (Å²) in [5.74, 6) is -0.451. The summed E-state index contributed by atoms with van der Waals surface area (Å²) >= 11 is 0. The molecule has 1 aliphatic heterocycles. The number of amides is 1. The lowest BCUT2D eigenvalue weighted by Gasteiger charge is -2.15. The number of carbonyl (C=O) groups is 2. The first-order valence-corrected chi connectivity index (χ1v) is 10.6. The maximum absolute atomic E-state index is 12.5. The van der Waals surface area contributed by atoms with Crippen LogP contribution in [0.4, 0.5) is 5.69 Å². The van der Waals surface area contributed by atoms with Gasteiger partial charge in [-0.2, -0.15) is 4.31 Å². The second-order valence-electron chi connectivity index (χ2n) is 6.49. The summed E-state index contributed by atoms with van der Waals surface area (Å²) in [6, 6.07) is 12.3. The molecule has 1 amide bonds. The van der Waals surface area contributed by atoms with Gasteiger partial charge in [-0.1, -0.05) is 0 Å². The van der Waals surface area contributed by atoms with E-state index in [1.807, 2.05) is 0 Å². The predicted octanol–water partition coefficient (Wildman–Crippen LogP) is 2.28. The molecular weight excluding hydrogens is 396 g/mol. The van der Waals surface area contributed by atoms with E-state index in [1.54, 1.807) is 24.3 Å². The molecule has 1 heterocycles. The molecule has 2 aromatic carbocycles. The topological polar surface area (TPSA) is 102 Å². The van der Waals surface area contributed by atoms with Crippen LogP contribution in [-0.2, 0) is 19.6 Å². The van der Waals surface area contributed by atoms with Crippen molar-refractivity contribution in [1.82, 2.24) is 4.31 Å². The molecule has 1 saturated heterocycles. The molecule has 0 saturated carbocycles. The summed E-state index contributed by atoms with van der Waals surface area (Å²) in [4.78, 5) is 23.6. The highest BCUT2D eigenvalue weighted by atomic mass is 32.2. The fraction of sp³-hybridized carbons (Fsp3) is 0.300. The van der Waals surface area contributed by atoms with Gasteiger partial charge in [0.15, 0.2) is 6.61 Å². The Hall–Kier alpha value is -2.91. The molecule has 1 fully saturated rings. The number of anilines is 1. The number of nitrogens with zero attached hydrogens (tertiary/aromatic N) is 1. The van der Waals surface area contributed by atoms with E-state index < -0.39 is 16.0 Å². The van der Waals surface area contributed by atoms with Crippen LogP contribution in [0.25, 0.3) is 0 Å². The van der Waals surface area contributed by atoms with Gasteiger partial charge in [0.05, 0.1) is 17.6 Å². The van der Waals surface area contributed by atoms with Gasteiger partial charge in [-0.05, 0) is 61.4 Å². The number of methoxy groups -OCH3 is 1. The second-order valence-corrected chi connectivity index (χ2v) is 8.43. The van der Waals surface area contributed by atoms with Gasteiger partial charge in [0.2, 0.25) is 10.0 Å². The maximum atomic E-state index is 12.5. The fourth-order valence-electron chi connectivity index (χ4n) is 2.94. The Morgan fingerprint density at radius 3 is 2.21 bits per heavy atom. The van der Waals surface area contributed by atoms with E-state index >= 15 is 0 Å². The third kappa shape index (κ3) is 5.12. The Morgan fingerprint density at radius 1 is 1.00 bits per heavy atom. The smallest absolute Gasteiger partial charge is 0.337 e. The molecule has 0 unspecified atom stereocenters. The molecule has 0 radical (unpaired) electrons. The van der Waals surface area contributed by atoms with Crippen LogP contribution in [0, 0.1) is 0 Å². The highest BCUT2D eigenvalue weighted by molar-refractivity contribution is 7.89. The molecule has 0 bridgehead atoms. The van der Waals surface area contributed by atoms with Gasteiger partial charge in [0.25, 0.3) is 5.91 Å². The Bertz CT molecular complexity index is 965. The molecule has 0 aromatic heterocycles. The van der Waals surface area contributed by atoms with Gasteiger partial charge >= 0.3 is 5.97 Å². The number of ether oxygens (including phenoxy) is 2. The highest BCUT2D eigenvalue weighted by Crippen LogP contribution is 2.23. The van der Waals surface area contributed by atoms with Crippen molar-refractivity contribution in [3.05, 3.63) is 54.1 Å². The van der Waals surface area contributed by atoms with E-state index in [4.69, 9.17) is 4.74 Å². The minimum atomic E-state index is -3.47. The Kier molecular flexibility index (Phi) is 6.50. The molecule has 8 nitrogen and oxygen atoms in total. The van der Waals surface area contributed by atoms with Crippen LogP contribution in [-0.4, -0.2) is 51.4 Å². The van der Waals surface area contributed by atoms with Crippen molar-refractivity contribution in [3.8, 4) is 5.75 Å². The molecule has 2 aromatic rings. The number of rotatable bonds is 7. The standard InChI is InChI=1S/C20H22N2O6S/c1-27-20(24)15-4-6-16(7-5-15)21-19(23)14-28-17-8-10-18(11-9-17)29(25,26)22-12-2-3-13-22/h4-11H,2-3,12-14H2,1H3,(H,21,23). The summed E-state index contributed by atoms with van der Waals surface area (Å²) in [6.07, 6.45) is 1.75. The minimum absolute atomic E-state index is 0.210. The molecule has 0 spiro atoms. The minimum Gasteiger partial charge on any atom is -0.484 e. The number of carbonyl (C=O) groups excluding carboxylic acids is 2. The van der Waals surface area contributed by atoms with E-state index in [9.17, 15) is 18.0 Å². The SMILES string of the molecule is COC(=O)c1ccc(NC(=O)COc2ccc(S(=O)(=O)N3CCCC3)cc2)cc1. The first-order chi connectivity index (χ1) is 13.9. The molecule has 0 aliphatic carbocycles. The zero-order chi connectivity index (χ0) is 20.9. The first kappa shape index (κ1) is 20.8. The summed E-state index contributed by atoms with van der Waals surface area (Å²) in [6.45, 7) is 0.847. The number of nitrogens with one attached hydrogen (secondary N) is 1. The van der Waals surface area contributed by atoms with Crippen LogP contribution in [0.15, 0.2) is 53.4 Å². The van der Waals surface area contributed by atoms with E-state index in [2.05, 4.69) is 10.1 Å². The monoisotopic (exact) mass is 418 g/mol. The number of esters is 1. The van der Waals surface area contributed by atoms with Crippen LogP contribution in [0.5, 0.6) is 5.75 Å². The molecular formula is C20H22N2O6S. The van der Waals surface area contributed by atoms with Gasteiger partial charge in [0.1, 0.15) is 5.75 Å². The molecule has 3 rings (SSSR count). The van der Waals surface area contributed by atoms with Crippen LogP contribution in [0.2, 0.25) is 0 Å². The Morgan fingerprint density at radius 2 is 1.62 bits per heavy atom. The quantitative estimate of drug-likeness (QED) is 0.692. The lowest BCUT2D eigenvalue weighted by Crippen LogP contribution is -2.27. The van der Waals surface area contributed by atoms with Crippen molar-refractivity contribution in [3.63, 3.8) is 0 Å². The summed E-state index contributed by atoms with van der Waals surface area (Å²) < 4.78 is 36.5. The van der Waals surface area contributed by atoms with Crippen LogP contribution >= 0.6 is 0 Å². The second kappa shape index (κ2) is 9.06. The zero-order valence-corrected chi connectivity index (χ0v) is 16.8. The fourth-order valence-corrected chi connectivity index (χ4v) is 4.46. The summed E-state index contributed by atoms with van der Waals surface area (Å²) in [5, 5.41) is 2.65. The summed E-state index contributed by atoms with van der Waals surface area (Å²) in [5.41, 5.74) is 0.893. The van der Waals surface area contributed by atoms with Crippen molar-refractivity contribution in [1.29, 1.82) is 0 Å². The van der Waals surface area contributed by atoms with Crippen LogP contribution < -0.4 is 10.1 Å². The van der Waals surface area contributed by atoms with E-state index in [1.165, 1.54) is 35.7 Å². The van der Waals surface area contributed by atoms with Gasteiger partial charge in [0, 0.05) is 18.8 Å². The largest absolute Gasteiger partial charge is 0.484 e. The number of hydrogen-bond acceptors (Lipinski definition) is 6. The van der Waals surface area contributed by atoms with Crippen molar-refractivity contribution in [2.24, 2.45) is 0 Å². The average molecular weight is 418 g/mol. The summed E-state index contributed by atoms with van der Waals surface area (Å²) in [7, 11) is -2.18. The molecule has 1 aliphatic rings. The average Bonchev–Trinajstić information content (AvgIpc) is 3.28.